The molecule has 4 nitrogen and oxygen atoms in total. The number of benzene rings is 3. The van der Waals surface area contributed by atoms with Crippen molar-refractivity contribution in [3.63, 3.8) is 0 Å². The molecule has 0 unspecified atom stereocenters. The molecule has 0 radical (unpaired) electrons. The van der Waals surface area contributed by atoms with Crippen LogP contribution in [-0.2, 0) is 11.4 Å². The second-order valence-corrected chi connectivity index (χ2v) is 7.56. The van der Waals surface area contributed by atoms with Crippen LogP contribution in [-0.4, -0.2) is 29.2 Å². The summed E-state index contributed by atoms with van der Waals surface area (Å²) in [6, 6.07) is 23.0. The molecule has 0 N–H and O–H groups in total. The summed E-state index contributed by atoms with van der Waals surface area (Å²) >= 11 is 5.95. The number of nitrogens with zero attached hydrogens (tertiary/aromatic N) is 2. The first kappa shape index (κ1) is 20.1. The highest BCUT2D eigenvalue weighted by molar-refractivity contribution is 6.30. The van der Waals surface area contributed by atoms with Crippen molar-refractivity contribution in [2.75, 3.05) is 6.54 Å². The number of hydrogen-bond donors (Lipinski definition) is 0. The van der Waals surface area contributed by atoms with Crippen LogP contribution in [0.15, 0.2) is 84.0 Å². The summed E-state index contributed by atoms with van der Waals surface area (Å²) in [6.07, 6.45) is 0.243. The minimum Gasteiger partial charge on any atom is -0.390 e. The SMILES string of the molecule is O=C(c1ccccc1F)N(Cc1ccccc1)C[C@H]1CC(c2ccc(Cl)cc2)=NO1. The molecule has 6 heteroatoms. The molecular formula is C24H20ClFN2O2. The van der Waals surface area contributed by atoms with E-state index in [1.807, 2.05) is 42.5 Å². The molecule has 1 aliphatic rings. The van der Waals surface area contributed by atoms with Gasteiger partial charge in [0.15, 0.2) is 6.10 Å². The lowest BCUT2D eigenvalue weighted by Crippen LogP contribution is -2.37. The van der Waals surface area contributed by atoms with Crippen molar-refractivity contribution in [1.29, 1.82) is 0 Å². The zero-order valence-electron chi connectivity index (χ0n) is 16.2. The predicted octanol–water partition coefficient (Wildman–Crippen LogP) is 5.31. The van der Waals surface area contributed by atoms with Gasteiger partial charge in [-0.05, 0) is 35.4 Å². The van der Waals surface area contributed by atoms with Crippen LogP contribution in [0.2, 0.25) is 5.02 Å². The van der Waals surface area contributed by atoms with Gasteiger partial charge in [-0.1, -0.05) is 71.4 Å². The monoisotopic (exact) mass is 422 g/mol. The van der Waals surface area contributed by atoms with Crippen molar-refractivity contribution < 1.29 is 14.0 Å². The fraction of sp³-hybridized carbons (Fsp3) is 0.167. The summed E-state index contributed by atoms with van der Waals surface area (Å²) in [5.41, 5.74) is 2.73. The molecule has 3 aromatic rings. The second kappa shape index (κ2) is 9.09. The molecule has 30 heavy (non-hydrogen) atoms. The maximum Gasteiger partial charge on any atom is 0.257 e. The van der Waals surface area contributed by atoms with Gasteiger partial charge in [0, 0.05) is 18.0 Å². The Morgan fingerprint density at radius 2 is 1.73 bits per heavy atom. The largest absolute Gasteiger partial charge is 0.390 e. The van der Waals surface area contributed by atoms with E-state index in [0.717, 1.165) is 16.8 Å². The fourth-order valence-corrected chi connectivity index (χ4v) is 3.54. The maximum atomic E-state index is 14.3. The van der Waals surface area contributed by atoms with Gasteiger partial charge in [0.05, 0.1) is 17.8 Å². The van der Waals surface area contributed by atoms with Crippen molar-refractivity contribution in [1.82, 2.24) is 4.90 Å². The van der Waals surface area contributed by atoms with Gasteiger partial charge in [-0.2, -0.15) is 0 Å². The molecule has 0 aliphatic carbocycles. The lowest BCUT2D eigenvalue weighted by molar-refractivity contribution is 0.0402. The van der Waals surface area contributed by atoms with Crippen LogP contribution in [0.5, 0.6) is 0 Å². The van der Waals surface area contributed by atoms with Crippen LogP contribution in [0, 0.1) is 5.82 Å². The normalized spacial score (nSPS) is 15.4. The molecule has 0 spiro atoms. The van der Waals surface area contributed by atoms with Gasteiger partial charge in [-0.15, -0.1) is 0 Å². The Balaban J connectivity index is 1.51. The lowest BCUT2D eigenvalue weighted by Gasteiger charge is -2.25. The minimum absolute atomic E-state index is 0.0465. The Hall–Kier alpha value is -3.18. The average Bonchev–Trinajstić information content (AvgIpc) is 3.23. The fourth-order valence-electron chi connectivity index (χ4n) is 3.41. The molecule has 1 atom stereocenters. The molecule has 0 saturated heterocycles. The maximum absolute atomic E-state index is 14.3. The van der Waals surface area contributed by atoms with Crippen molar-refractivity contribution in [2.45, 2.75) is 19.1 Å². The highest BCUT2D eigenvalue weighted by atomic mass is 35.5. The Morgan fingerprint density at radius 1 is 1.03 bits per heavy atom. The molecule has 1 amide bonds. The molecule has 4 rings (SSSR count). The summed E-state index contributed by atoms with van der Waals surface area (Å²) in [5.74, 6) is -0.911. The van der Waals surface area contributed by atoms with Crippen LogP contribution in [0.25, 0.3) is 0 Å². The van der Waals surface area contributed by atoms with Gasteiger partial charge in [-0.3, -0.25) is 4.79 Å². The van der Waals surface area contributed by atoms with Crippen molar-refractivity contribution in [3.8, 4) is 0 Å². The van der Waals surface area contributed by atoms with Crippen molar-refractivity contribution in [3.05, 3.63) is 106 Å². The second-order valence-electron chi connectivity index (χ2n) is 7.13. The Kier molecular flexibility index (Phi) is 6.10. The van der Waals surface area contributed by atoms with Gasteiger partial charge in [0.25, 0.3) is 5.91 Å². The topological polar surface area (TPSA) is 41.9 Å². The molecule has 0 bridgehead atoms. The molecular weight excluding hydrogens is 403 g/mol. The van der Waals surface area contributed by atoms with Crippen LogP contribution < -0.4 is 0 Å². The lowest BCUT2D eigenvalue weighted by atomic mass is 10.0. The van der Waals surface area contributed by atoms with Crippen molar-refractivity contribution >= 4 is 23.2 Å². The van der Waals surface area contributed by atoms with Gasteiger partial charge >= 0.3 is 0 Å². The number of oxime groups is 1. The van der Waals surface area contributed by atoms with E-state index in [0.29, 0.717) is 24.5 Å². The van der Waals surface area contributed by atoms with Crippen LogP contribution in [0.3, 0.4) is 0 Å². The number of carbonyl (C=O) groups is 1. The molecule has 0 aromatic heterocycles. The third kappa shape index (κ3) is 4.69. The number of hydrogen-bond acceptors (Lipinski definition) is 3. The van der Waals surface area contributed by atoms with E-state index in [4.69, 9.17) is 16.4 Å². The number of rotatable bonds is 6. The quantitative estimate of drug-likeness (QED) is 0.540. The van der Waals surface area contributed by atoms with Crippen molar-refractivity contribution in [2.24, 2.45) is 5.16 Å². The highest BCUT2D eigenvalue weighted by Crippen LogP contribution is 2.21. The van der Waals surface area contributed by atoms with Crippen LogP contribution in [0.1, 0.15) is 27.9 Å². The zero-order chi connectivity index (χ0) is 20.9. The van der Waals surface area contributed by atoms with E-state index in [1.54, 1.807) is 29.2 Å². The van der Waals surface area contributed by atoms with Gasteiger partial charge in [0.2, 0.25) is 0 Å². The summed E-state index contributed by atoms with van der Waals surface area (Å²) in [4.78, 5) is 20.3. The van der Waals surface area contributed by atoms with Gasteiger partial charge in [0.1, 0.15) is 5.82 Å². The van der Waals surface area contributed by atoms with Gasteiger partial charge in [-0.25, -0.2) is 4.39 Å². The van der Waals surface area contributed by atoms with Crippen LogP contribution >= 0.6 is 11.6 Å². The molecule has 0 saturated carbocycles. The summed E-state index contributed by atoms with van der Waals surface area (Å²) in [7, 11) is 0. The summed E-state index contributed by atoms with van der Waals surface area (Å²) in [6.45, 7) is 0.646. The first-order valence-electron chi connectivity index (χ1n) is 9.66. The predicted molar refractivity (Wildman–Crippen MR) is 115 cm³/mol. The molecule has 152 valence electrons. The van der Waals surface area contributed by atoms with Crippen LogP contribution in [0.4, 0.5) is 4.39 Å². The first-order chi connectivity index (χ1) is 14.6. The number of amides is 1. The first-order valence-corrected chi connectivity index (χ1v) is 10.0. The summed E-state index contributed by atoms with van der Waals surface area (Å²) < 4.78 is 14.3. The molecule has 1 heterocycles. The third-order valence-corrected chi connectivity index (χ3v) is 5.19. The average molecular weight is 423 g/mol. The van der Waals surface area contributed by atoms with E-state index in [1.165, 1.54) is 12.1 Å². The van der Waals surface area contributed by atoms with E-state index in [9.17, 15) is 9.18 Å². The van der Waals surface area contributed by atoms with Gasteiger partial charge < -0.3 is 9.74 Å². The van der Waals surface area contributed by atoms with E-state index >= 15 is 0 Å². The smallest absolute Gasteiger partial charge is 0.257 e. The molecule has 3 aromatic carbocycles. The van der Waals surface area contributed by atoms with E-state index < -0.39 is 5.82 Å². The van der Waals surface area contributed by atoms with E-state index in [-0.39, 0.29) is 17.6 Å². The summed E-state index contributed by atoms with van der Waals surface area (Å²) in [5, 5.41) is 4.84. The zero-order valence-corrected chi connectivity index (χ0v) is 16.9. The Bertz CT molecular complexity index is 1050. The number of carbonyl (C=O) groups excluding carboxylic acids is 1. The molecule has 0 fully saturated rings. The Morgan fingerprint density at radius 3 is 2.47 bits per heavy atom. The third-order valence-electron chi connectivity index (χ3n) is 4.94. The minimum atomic E-state index is -0.536. The van der Waals surface area contributed by atoms with E-state index in [2.05, 4.69) is 5.16 Å². The highest BCUT2D eigenvalue weighted by Gasteiger charge is 2.28. The Labute approximate surface area is 179 Å². The molecule has 1 aliphatic heterocycles. The number of halogens is 2. The standard InChI is InChI=1S/C24H20ClFN2O2/c25-19-12-10-18(11-13-19)23-14-20(30-27-23)16-28(15-17-6-2-1-3-7-17)24(29)21-8-4-5-9-22(21)26/h1-13,20H,14-16H2/t20-/m1/s1.